The average Bonchev–Trinajstić information content (AvgIpc) is 3.09. The first kappa shape index (κ1) is 11.9. The average molecular weight is 267 g/mol. The smallest absolute Gasteiger partial charge is 0.251 e. The van der Waals surface area contributed by atoms with Gasteiger partial charge < -0.3 is 10.2 Å². The predicted octanol–water partition coefficient (Wildman–Crippen LogP) is 1.67. The minimum Gasteiger partial charge on any atom is -0.348 e. The maximum absolute atomic E-state index is 12.4. The summed E-state index contributed by atoms with van der Waals surface area (Å²) in [6.45, 7) is 3.34. The molecular weight excluding hydrogens is 250 g/mol. The molecule has 1 N–H and O–H groups in total. The fraction of sp³-hybridized carbons (Fsp3) is 0.375. The second-order valence-corrected chi connectivity index (χ2v) is 5.80. The molecule has 2 saturated heterocycles. The van der Waals surface area contributed by atoms with Gasteiger partial charge in [-0.15, -0.1) is 0 Å². The number of pyridine rings is 1. The summed E-state index contributed by atoms with van der Waals surface area (Å²) >= 11 is 0. The van der Waals surface area contributed by atoms with E-state index in [-0.39, 0.29) is 5.91 Å². The van der Waals surface area contributed by atoms with Crippen LogP contribution < -0.4 is 5.32 Å². The van der Waals surface area contributed by atoms with Crippen molar-refractivity contribution in [2.24, 2.45) is 5.92 Å². The third-order valence-electron chi connectivity index (χ3n) is 4.51. The molecule has 20 heavy (non-hydrogen) atoms. The van der Waals surface area contributed by atoms with Crippen LogP contribution in [0.15, 0.2) is 36.5 Å². The zero-order chi connectivity index (χ0) is 13.5. The number of hydrogen-bond donors (Lipinski definition) is 1. The quantitative estimate of drug-likeness (QED) is 0.900. The van der Waals surface area contributed by atoms with Crippen LogP contribution in [0.3, 0.4) is 0 Å². The van der Waals surface area contributed by atoms with Gasteiger partial charge in [-0.3, -0.25) is 9.78 Å². The van der Waals surface area contributed by atoms with E-state index in [0.29, 0.717) is 12.0 Å². The minimum absolute atomic E-state index is 0.0366. The topological polar surface area (TPSA) is 45.2 Å². The van der Waals surface area contributed by atoms with Crippen LogP contribution in [-0.2, 0) is 0 Å². The second-order valence-electron chi connectivity index (χ2n) is 5.80. The summed E-state index contributed by atoms with van der Waals surface area (Å²) in [5.41, 5.74) is 1.65. The third-order valence-corrected chi connectivity index (χ3v) is 4.51. The van der Waals surface area contributed by atoms with Crippen LogP contribution in [0.5, 0.6) is 0 Å². The molecule has 4 heteroatoms. The molecule has 0 aliphatic carbocycles. The van der Waals surface area contributed by atoms with Crippen LogP contribution in [0, 0.1) is 5.92 Å². The number of nitrogens with one attached hydrogen (secondary N) is 1. The van der Waals surface area contributed by atoms with Crippen molar-refractivity contribution in [3.05, 3.63) is 42.1 Å². The number of hydrogen-bond acceptors (Lipinski definition) is 3. The van der Waals surface area contributed by atoms with E-state index in [9.17, 15) is 4.79 Å². The Morgan fingerprint density at radius 1 is 1.30 bits per heavy atom. The molecular formula is C16H17N3O. The van der Waals surface area contributed by atoms with E-state index in [2.05, 4.69) is 15.2 Å². The van der Waals surface area contributed by atoms with Gasteiger partial charge in [0.05, 0.1) is 5.52 Å². The fourth-order valence-corrected chi connectivity index (χ4v) is 3.42. The molecule has 4 nitrogen and oxygen atoms in total. The number of rotatable bonds is 2. The van der Waals surface area contributed by atoms with Gasteiger partial charge in [-0.2, -0.15) is 0 Å². The van der Waals surface area contributed by atoms with E-state index in [1.165, 1.54) is 13.0 Å². The summed E-state index contributed by atoms with van der Waals surface area (Å²) < 4.78 is 0. The molecule has 0 radical (unpaired) electrons. The lowest BCUT2D eigenvalue weighted by Gasteiger charge is -2.23. The highest BCUT2D eigenvalue weighted by Gasteiger charge is 2.38. The Bertz CT molecular complexity index is 670. The normalized spacial score (nSPS) is 27.9. The van der Waals surface area contributed by atoms with E-state index < -0.39 is 0 Å². The van der Waals surface area contributed by atoms with Crippen molar-refractivity contribution in [3.8, 4) is 0 Å². The molecule has 2 aromatic rings. The Morgan fingerprint density at radius 2 is 2.25 bits per heavy atom. The molecule has 4 rings (SSSR count). The van der Waals surface area contributed by atoms with Crippen LogP contribution in [0.1, 0.15) is 16.8 Å². The summed E-state index contributed by atoms with van der Waals surface area (Å²) in [5.74, 6) is 0.676. The van der Waals surface area contributed by atoms with Crippen LogP contribution in [0.4, 0.5) is 0 Å². The zero-order valence-electron chi connectivity index (χ0n) is 11.2. The first-order chi connectivity index (χ1) is 9.79. The Labute approximate surface area is 117 Å². The zero-order valence-corrected chi connectivity index (χ0v) is 11.2. The maximum Gasteiger partial charge on any atom is 0.251 e. The number of fused-ring (bicyclic) bond motifs is 3. The van der Waals surface area contributed by atoms with Crippen molar-refractivity contribution in [2.45, 2.75) is 12.5 Å². The summed E-state index contributed by atoms with van der Waals surface area (Å²) in [5, 5.41) is 4.20. The molecule has 1 amide bonds. The number of piperidine rings is 1. The SMILES string of the molecule is O=C(NC1CN2CCC1C2)c1ccc2ncccc2c1. The van der Waals surface area contributed by atoms with Crippen LogP contribution >= 0.6 is 0 Å². The number of carbonyl (C=O) groups excluding carboxylic acids is 1. The van der Waals surface area contributed by atoms with Gasteiger partial charge in [0.2, 0.25) is 0 Å². The molecule has 2 aliphatic rings. The Morgan fingerprint density at radius 3 is 3.05 bits per heavy atom. The van der Waals surface area contributed by atoms with Crippen molar-refractivity contribution in [3.63, 3.8) is 0 Å². The summed E-state index contributed by atoms with van der Waals surface area (Å²) in [4.78, 5) is 19.1. The monoisotopic (exact) mass is 267 g/mol. The van der Waals surface area contributed by atoms with Crippen molar-refractivity contribution in [2.75, 3.05) is 19.6 Å². The van der Waals surface area contributed by atoms with Crippen LogP contribution in [-0.4, -0.2) is 41.5 Å². The van der Waals surface area contributed by atoms with Crippen LogP contribution in [0.2, 0.25) is 0 Å². The Balaban J connectivity index is 1.54. The molecule has 3 unspecified atom stereocenters. The Hall–Kier alpha value is -1.94. The van der Waals surface area contributed by atoms with E-state index in [1.54, 1.807) is 6.20 Å². The Kier molecular flexibility index (Phi) is 2.70. The first-order valence-corrected chi connectivity index (χ1v) is 7.17. The third kappa shape index (κ3) is 1.96. The number of benzene rings is 1. The fourth-order valence-electron chi connectivity index (χ4n) is 3.42. The number of nitrogens with zero attached hydrogens (tertiary/aromatic N) is 2. The van der Waals surface area contributed by atoms with E-state index >= 15 is 0 Å². The lowest BCUT2D eigenvalue weighted by atomic mass is 9.99. The van der Waals surface area contributed by atoms with E-state index in [0.717, 1.165) is 29.6 Å². The molecule has 1 aromatic carbocycles. The van der Waals surface area contributed by atoms with Gasteiger partial charge in [0, 0.05) is 36.3 Å². The second kappa shape index (κ2) is 4.56. The maximum atomic E-state index is 12.4. The molecule has 2 bridgehead atoms. The lowest BCUT2D eigenvalue weighted by Crippen LogP contribution is -2.43. The van der Waals surface area contributed by atoms with E-state index in [1.807, 2.05) is 30.3 Å². The van der Waals surface area contributed by atoms with Crippen molar-refractivity contribution in [1.82, 2.24) is 15.2 Å². The molecule has 2 aliphatic heterocycles. The standard InChI is InChI=1S/C16H17N3O/c20-16(18-15-10-19-7-5-13(15)9-19)12-3-4-14-11(8-12)2-1-6-17-14/h1-4,6,8,13,15H,5,7,9-10H2,(H,18,20). The molecule has 102 valence electrons. The van der Waals surface area contributed by atoms with Gasteiger partial charge in [0.25, 0.3) is 5.91 Å². The van der Waals surface area contributed by atoms with Gasteiger partial charge in [0.15, 0.2) is 0 Å². The van der Waals surface area contributed by atoms with Crippen molar-refractivity contribution < 1.29 is 4.79 Å². The van der Waals surface area contributed by atoms with Gasteiger partial charge in [0.1, 0.15) is 0 Å². The highest BCUT2D eigenvalue weighted by molar-refractivity contribution is 5.98. The summed E-state index contributed by atoms with van der Waals surface area (Å²) in [6, 6.07) is 9.90. The highest BCUT2D eigenvalue weighted by atomic mass is 16.1. The van der Waals surface area contributed by atoms with Gasteiger partial charge in [-0.25, -0.2) is 0 Å². The molecule has 3 heterocycles. The van der Waals surface area contributed by atoms with Crippen molar-refractivity contribution in [1.29, 1.82) is 0 Å². The molecule has 3 atom stereocenters. The van der Waals surface area contributed by atoms with Gasteiger partial charge in [-0.1, -0.05) is 6.07 Å². The highest BCUT2D eigenvalue weighted by Crippen LogP contribution is 2.28. The molecule has 2 fully saturated rings. The molecule has 0 saturated carbocycles. The largest absolute Gasteiger partial charge is 0.348 e. The minimum atomic E-state index is 0.0366. The van der Waals surface area contributed by atoms with Crippen molar-refractivity contribution >= 4 is 16.8 Å². The van der Waals surface area contributed by atoms with E-state index in [4.69, 9.17) is 0 Å². The lowest BCUT2D eigenvalue weighted by molar-refractivity contribution is 0.0924. The summed E-state index contributed by atoms with van der Waals surface area (Å²) in [6.07, 6.45) is 2.98. The number of amides is 1. The van der Waals surface area contributed by atoms with Gasteiger partial charge in [-0.05, 0) is 43.1 Å². The molecule has 1 aromatic heterocycles. The van der Waals surface area contributed by atoms with Gasteiger partial charge >= 0.3 is 0 Å². The molecule has 0 spiro atoms. The predicted molar refractivity (Wildman–Crippen MR) is 77.5 cm³/mol. The van der Waals surface area contributed by atoms with Crippen LogP contribution in [0.25, 0.3) is 10.9 Å². The summed E-state index contributed by atoms with van der Waals surface area (Å²) in [7, 11) is 0. The number of aromatic nitrogens is 1. The number of carbonyl (C=O) groups is 1. The first-order valence-electron chi connectivity index (χ1n) is 7.17.